The van der Waals surface area contributed by atoms with E-state index < -0.39 is 0 Å². The van der Waals surface area contributed by atoms with Gasteiger partial charge in [-0.15, -0.1) is 0 Å². The third kappa shape index (κ3) is 7.40. The molecule has 82 valence electrons. The van der Waals surface area contributed by atoms with E-state index >= 15 is 0 Å². The molecule has 0 aliphatic carbocycles. The van der Waals surface area contributed by atoms with Gasteiger partial charge in [0, 0.05) is 12.1 Å². The summed E-state index contributed by atoms with van der Waals surface area (Å²) in [7, 11) is 0. The van der Waals surface area contributed by atoms with Crippen LogP contribution in [0.4, 0.5) is 5.69 Å². The molecule has 0 unspecified atom stereocenters. The lowest BCUT2D eigenvalue weighted by Gasteiger charge is -1.94. The molecule has 1 aromatic rings. The SMILES string of the molecule is CC(=O)CN.Nc1ccc(CC=O)cc1. The minimum Gasteiger partial charge on any atom is -0.399 e. The predicted octanol–water partition coefficient (Wildman–Crippen LogP) is 0.544. The number of hydrogen-bond acceptors (Lipinski definition) is 4. The number of Topliss-reactive ketones (excluding diaryl/α,β-unsaturated/α-hetero) is 1. The van der Waals surface area contributed by atoms with Crippen LogP contribution in [0.5, 0.6) is 0 Å². The van der Waals surface area contributed by atoms with Gasteiger partial charge < -0.3 is 16.3 Å². The number of aldehydes is 1. The third-order valence-corrected chi connectivity index (χ3v) is 1.59. The molecule has 0 amide bonds. The summed E-state index contributed by atoms with van der Waals surface area (Å²) in [4.78, 5) is 19.7. The predicted molar refractivity (Wildman–Crippen MR) is 60.4 cm³/mol. The van der Waals surface area contributed by atoms with Crippen molar-refractivity contribution in [3.8, 4) is 0 Å². The summed E-state index contributed by atoms with van der Waals surface area (Å²) in [6.07, 6.45) is 1.35. The van der Waals surface area contributed by atoms with Crippen LogP contribution in [-0.4, -0.2) is 18.6 Å². The molecular weight excluding hydrogens is 192 g/mol. The van der Waals surface area contributed by atoms with Crippen molar-refractivity contribution in [3.63, 3.8) is 0 Å². The maximum absolute atomic E-state index is 10.0. The molecule has 4 heteroatoms. The van der Waals surface area contributed by atoms with Crippen LogP contribution in [0.1, 0.15) is 12.5 Å². The number of carbonyl (C=O) groups excluding carboxylic acids is 2. The molecule has 1 rings (SSSR count). The van der Waals surface area contributed by atoms with Gasteiger partial charge in [-0.3, -0.25) is 4.79 Å². The summed E-state index contributed by atoms with van der Waals surface area (Å²) in [5.41, 5.74) is 12.0. The first kappa shape index (κ1) is 13.3. The summed E-state index contributed by atoms with van der Waals surface area (Å²) in [6, 6.07) is 7.28. The Labute approximate surface area is 89.3 Å². The number of hydrogen-bond donors (Lipinski definition) is 2. The fourth-order valence-electron chi connectivity index (χ4n) is 0.750. The van der Waals surface area contributed by atoms with E-state index in [1.165, 1.54) is 6.92 Å². The quantitative estimate of drug-likeness (QED) is 0.561. The van der Waals surface area contributed by atoms with E-state index in [0.29, 0.717) is 6.42 Å². The topological polar surface area (TPSA) is 86.2 Å². The fraction of sp³-hybridized carbons (Fsp3) is 0.273. The Morgan fingerprint density at radius 2 is 1.80 bits per heavy atom. The lowest BCUT2D eigenvalue weighted by Crippen LogP contribution is -2.07. The summed E-state index contributed by atoms with van der Waals surface area (Å²) in [6.45, 7) is 1.62. The second-order valence-electron chi connectivity index (χ2n) is 3.02. The van der Waals surface area contributed by atoms with Gasteiger partial charge in [0.05, 0.1) is 6.54 Å². The zero-order valence-corrected chi connectivity index (χ0v) is 8.77. The van der Waals surface area contributed by atoms with Gasteiger partial charge in [-0.1, -0.05) is 12.1 Å². The van der Waals surface area contributed by atoms with Gasteiger partial charge in [0.2, 0.25) is 0 Å². The van der Waals surface area contributed by atoms with Gasteiger partial charge in [0.1, 0.15) is 12.1 Å². The molecule has 0 saturated heterocycles. The highest BCUT2D eigenvalue weighted by atomic mass is 16.1. The third-order valence-electron chi connectivity index (χ3n) is 1.59. The van der Waals surface area contributed by atoms with E-state index in [0.717, 1.165) is 17.5 Å². The monoisotopic (exact) mass is 208 g/mol. The maximum atomic E-state index is 10.0. The van der Waals surface area contributed by atoms with E-state index in [2.05, 4.69) is 0 Å². The summed E-state index contributed by atoms with van der Waals surface area (Å²) in [5, 5.41) is 0. The van der Waals surface area contributed by atoms with Gasteiger partial charge in [0.25, 0.3) is 0 Å². The molecule has 0 heterocycles. The number of rotatable bonds is 3. The van der Waals surface area contributed by atoms with E-state index in [-0.39, 0.29) is 12.3 Å². The molecule has 4 N–H and O–H groups in total. The second kappa shape index (κ2) is 7.70. The Morgan fingerprint density at radius 1 is 1.33 bits per heavy atom. The molecule has 0 saturated carbocycles. The number of nitrogens with two attached hydrogens (primary N) is 2. The molecule has 15 heavy (non-hydrogen) atoms. The average Bonchev–Trinajstić information content (AvgIpc) is 2.23. The first-order valence-corrected chi connectivity index (χ1v) is 4.57. The van der Waals surface area contributed by atoms with Gasteiger partial charge in [-0.2, -0.15) is 0 Å². The van der Waals surface area contributed by atoms with E-state index in [1.807, 2.05) is 12.1 Å². The number of anilines is 1. The van der Waals surface area contributed by atoms with Gasteiger partial charge >= 0.3 is 0 Å². The Bertz CT molecular complexity index is 307. The Morgan fingerprint density at radius 3 is 2.13 bits per heavy atom. The highest BCUT2D eigenvalue weighted by Crippen LogP contribution is 2.04. The van der Waals surface area contributed by atoms with Crippen LogP contribution >= 0.6 is 0 Å². The van der Waals surface area contributed by atoms with Crippen LogP contribution < -0.4 is 11.5 Å². The Kier molecular flexibility index (Phi) is 6.84. The van der Waals surface area contributed by atoms with E-state index in [4.69, 9.17) is 11.5 Å². The van der Waals surface area contributed by atoms with Crippen molar-refractivity contribution in [2.45, 2.75) is 13.3 Å². The number of nitrogen functional groups attached to an aromatic ring is 1. The van der Waals surface area contributed by atoms with Crippen LogP contribution in [0.3, 0.4) is 0 Å². The molecule has 0 spiro atoms. The van der Waals surface area contributed by atoms with E-state index in [9.17, 15) is 9.59 Å². The van der Waals surface area contributed by atoms with E-state index in [1.54, 1.807) is 12.1 Å². The van der Waals surface area contributed by atoms with Crippen LogP contribution in [0.15, 0.2) is 24.3 Å². The van der Waals surface area contributed by atoms with Crippen LogP contribution in [-0.2, 0) is 16.0 Å². The van der Waals surface area contributed by atoms with Crippen LogP contribution in [0, 0.1) is 0 Å². The van der Waals surface area contributed by atoms with Crippen molar-refractivity contribution >= 4 is 17.8 Å². The van der Waals surface area contributed by atoms with Gasteiger partial charge in [-0.05, 0) is 24.6 Å². The molecule has 0 fully saturated rings. The summed E-state index contributed by atoms with van der Waals surface area (Å²) < 4.78 is 0. The zero-order valence-electron chi connectivity index (χ0n) is 8.77. The average molecular weight is 208 g/mol. The highest BCUT2D eigenvalue weighted by Gasteiger charge is 1.88. The van der Waals surface area contributed by atoms with Crippen LogP contribution in [0.2, 0.25) is 0 Å². The molecule has 0 aliphatic rings. The Balaban J connectivity index is 0.000000336. The number of ketones is 1. The lowest BCUT2D eigenvalue weighted by molar-refractivity contribution is -0.115. The standard InChI is InChI=1S/C8H9NO.C3H7NO/c9-8-3-1-7(2-4-8)5-6-10;1-3(5)2-4/h1-4,6H,5,9H2;2,4H2,1H3. The first-order valence-electron chi connectivity index (χ1n) is 4.57. The Hall–Kier alpha value is -1.68. The van der Waals surface area contributed by atoms with Crippen LogP contribution in [0.25, 0.3) is 0 Å². The molecule has 0 radical (unpaired) electrons. The van der Waals surface area contributed by atoms with Crippen molar-refractivity contribution in [1.29, 1.82) is 0 Å². The zero-order chi connectivity index (χ0) is 11.7. The van der Waals surface area contributed by atoms with Gasteiger partial charge in [0.15, 0.2) is 0 Å². The van der Waals surface area contributed by atoms with Crippen molar-refractivity contribution in [3.05, 3.63) is 29.8 Å². The highest BCUT2D eigenvalue weighted by molar-refractivity contribution is 5.77. The molecule has 0 aliphatic heterocycles. The normalized spacial score (nSPS) is 8.67. The minimum atomic E-state index is 0.0324. The molecular formula is C11H16N2O2. The van der Waals surface area contributed by atoms with Crippen molar-refractivity contribution < 1.29 is 9.59 Å². The van der Waals surface area contributed by atoms with Crippen molar-refractivity contribution in [1.82, 2.24) is 0 Å². The van der Waals surface area contributed by atoms with Crippen molar-refractivity contribution in [2.24, 2.45) is 5.73 Å². The number of benzene rings is 1. The second-order valence-corrected chi connectivity index (χ2v) is 3.02. The summed E-state index contributed by atoms with van der Waals surface area (Å²) >= 11 is 0. The molecule has 0 atom stereocenters. The lowest BCUT2D eigenvalue weighted by atomic mass is 10.1. The molecule has 0 aromatic heterocycles. The summed E-state index contributed by atoms with van der Waals surface area (Å²) in [5.74, 6) is 0.0324. The van der Waals surface area contributed by atoms with Crippen molar-refractivity contribution in [2.75, 3.05) is 12.3 Å². The fourth-order valence-corrected chi connectivity index (χ4v) is 0.750. The molecule has 0 bridgehead atoms. The first-order chi connectivity index (χ1) is 7.10. The molecule has 4 nitrogen and oxygen atoms in total. The largest absolute Gasteiger partial charge is 0.399 e. The van der Waals surface area contributed by atoms with Gasteiger partial charge in [-0.25, -0.2) is 0 Å². The maximum Gasteiger partial charge on any atom is 0.143 e. The minimum absolute atomic E-state index is 0.0324. The molecule has 1 aromatic carbocycles. The smallest absolute Gasteiger partial charge is 0.143 e. The number of carbonyl (C=O) groups is 2.